The van der Waals surface area contributed by atoms with Crippen LogP contribution in [0, 0.1) is 6.92 Å². The van der Waals surface area contributed by atoms with E-state index in [0.717, 1.165) is 30.4 Å². The average molecular weight is 347 g/mol. The molecule has 128 valence electrons. The van der Waals surface area contributed by atoms with Crippen LogP contribution < -0.4 is 0 Å². The Labute approximate surface area is 142 Å². The standard InChI is InChI=1S/C18H21NO4S/c1-12-6-9-15(24(3,21)22)11-16(12)18(20)19(14-7-8-14)13(2)17-5-4-10-23-17/h4-6,9-11,13-14H,7-8H2,1-3H3. The predicted octanol–water partition coefficient (Wildman–Crippen LogP) is 3.36. The summed E-state index contributed by atoms with van der Waals surface area (Å²) in [5.74, 6) is 0.580. The lowest BCUT2D eigenvalue weighted by molar-refractivity contribution is 0.0651. The lowest BCUT2D eigenvalue weighted by Crippen LogP contribution is -2.36. The molecule has 6 heteroatoms. The number of rotatable bonds is 5. The predicted molar refractivity (Wildman–Crippen MR) is 90.6 cm³/mol. The van der Waals surface area contributed by atoms with Crippen molar-refractivity contribution in [3.63, 3.8) is 0 Å². The maximum atomic E-state index is 13.2. The number of nitrogens with zero attached hydrogens (tertiary/aromatic N) is 1. The van der Waals surface area contributed by atoms with Crippen LogP contribution in [-0.4, -0.2) is 31.5 Å². The molecule has 1 heterocycles. The van der Waals surface area contributed by atoms with E-state index in [1.54, 1.807) is 24.5 Å². The van der Waals surface area contributed by atoms with Gasteiger partial charge in [0.05, 0.1) is 17.2 Å². The Bertz CT molecular complexity index is 851. The minimum absolute atomic E-state index is 0.149. The SMILES string of the molecule is Cc1ccc(S(C)(=O)=O)cc1C(=O)N(C1CC1)C(C)c1ccco1. The highest BCUT2D eigenvalue weighted by atomic mass is 32.2. The second kappa shape index (κ2) is 6.09. The molecule has 3 rings (SSSR count). The zero-order valence-electron chi connectivity index (χ0n) is 14.0. The van der Waals surface area contributed by atoms with E-state index in [1.165, 1.54) is 6.07 Å². The molecule has 0 aliphatic heterocycles. The van der Waals surface area contributed by atoms with Crippen molar-refractivity contribution in [2.75, 3.05) is 6.26 Å². The molecular weight excluding hydrogens is 326 g/mol. The summed E-state index contributed by atoms with van der Waals surface area (Å²) < 4.78 is 29.1. The van der Waals surface area contributed by atoms with Crippen molar-refractivity contribution in [3.05, 3.63) is 53.5 Å². The van der Waals surface area contributed by atoms with Crippen molar-refractivity contribution in [3.8, 4) is 0 Å². The van der Waals surface area contributed by atoms with Crippen molar-refractivity contribution in [2.24, 2.45) is 0 Å². The van der Waals surface area contributed by atoms with Crippen molar-refractivity contribution in [2.45, 2.75) is 43.7 Å². The van der Waals surface area contributed by atoms with E-state index in [-0.39, 0.29) is 22.9 Å². The molecule has 24 heavy (non-hydrogen) atoms. The van der Waals surface area contributed by atoms with E-state index < -0.39 is 9.84 Å². The first-order valence-corrected chi connectivity index (χ1v) is 9.85. The molecule has 1 aromatic carbocycles. The zero-order valence-corrected chi connectivity index (χ0v) is 14.8. The molecule has 2 aromatic rings. The van der Waals surface area contributed by atoms with E-state index in [2.05, 4.69) is 0 Å². The second-order valence-corrected chi connectivity index (χ2v) is 8.40. The van der Waals surface area contributed by atoms with Crippen LogP contribution in [0.3, 0.4) is 0 Å². The molecule has 1 aromatic heterocycles. The number of hydrogen-bond acceptors (Lipinski definition) is 4. The fraction of sp³-hybridized carbons (Fsp3) is 0.389. The van der Waals surface area contributed by atoms with Crippen LogP contribution in [0.4, 0.5) is 0 Å². The summed E-state index contributed by atoms with van der Waals surface area (Å²) in [4.78, 5) is 15.1. The summed E-state index contributed by atoms with van der Waals surface area (Å²) in [6.45, 7) is 3.76. The van der Waals surface area contributed by atoms with E-state index in [4.69, 9.17) is 4.42 Å². The minimum atomic E-state index is -3.36. The van der Waals surface area contributed by atoms with Gasteiger partial charge >= 0.3 is 0 Å². The van der Waals surface area contributed by atoms with Gasteiger partial charge < -0.3 is 9.32 Å². The van der Waals surface area contributed by atoms with Gasteiger partial charge in [-0.1, -0.05) is 6.07 Å². The molecule has 1 aliphatic rings. The van der Waals surface area contributed by atoms with Crippen LogP contribution in [0.2, 0.25) is 0 Å². The molecule has 1 aliphatic carbocycles. The van der Waals surface area contributed by atoms with Gasteiger partial charge in [0, 0.05) is 17.9 Å². The van der Waals surface area contributed by atoms with Gasteiger partial charge in [-0.15, -0.1) is 0 Å². The Hall–Kier alpha value is -2.08. The molecule has 0 radical (unpaired) electrons. The smallest absolute Gasteiger partial charge is 0.255 e. The molecule has 1 atom stereocenters. The Morgan fingerprint density at radius 2 is 2.00 bits per heavy atom. The van der Waals surface area contributed by atoms with E-state index in [1.807, 2.05) is 24.8 Å². The number of carbonyl (C=O) groups is 1. The van der Waals surface area contributed by atoms with Crippen LogP contribution >= 0.6 is 0 Å². The first-order valence-electron chi connectivity index (χ1n) is 7.96. The van der Waals surface area contributed by atoms with Crippen LogP contribution in [0.25, 0.3) is 0 Å². The van der Waals surface area contributed by atoms with Gasteiger partial charge in [0.1, 0.15) is 5.76 Å². The van der Waals surface area contributed by atoms with Gasteiger partial charge in [0.25, 0.3) is 5.91 Å². The van der Waals surface area contributed by atoms with Crippen LogP contribution in [0.15, 0.2) is 45.9 Å². The number of benzene rings is 1. The maximum Gasteiger partial charge on any atom is 0.255 e. The van der Waals surface area contributed by atoms with Crippen LogP contribution in [0.5, 0.6) is 0 Å². The Morgan fingerprint density at radius 3 is 2.54 bits per heavy atom. The lowest BCUT2D eigenvalue weighted by Gasteiger charge is -2.29. The Kier molecular flexibility index (Phi) is 4.25. The fourth-order valence-corrected chi connectivity index (χ4v) is 3.53. The van der Waals surface area contributed by atoms with Gasteiger partial charge in [-0.2, -0.15) is 0 Å². The molecule has 0 N–H and O–H groups in total. The quantitative estimate of drug-likeness (QED) is 0.832. The number of hydrogen-bond donors (Lipinski definition) is 0. The zero-order chi connectivity index (χ0) is 17.5. The third-order valence-corrected chi connectivity index (χ3v) is 5.52. The topological polar surface area (TPSA) is 67.6 Å². The van der Waals surface area contributed by atoms with E-state index in [9.17, 15) is 13.2 Å². The first kappa shape index (κ1) is 16.8. The lowest BCUT2D eigenvalue weighted by atomic mass is 10.1. The molecular formula is C18H21NO4S. The third-order valence-electron chi connectivity index (χ3n) is 4.41. The highest BCUT2D eigenvalue weighted by Gasteiger charge is 2.38. The van der Waals surface area contributed by atoms with Crippen molar-refractivity contribution in [1.82, 2.24) is 4.90 Å². The van der Waals surface area contributed by atoms with Crippen LogP contribution in [-0.2, 0) is 9.84 Å². The number of furan rings is 1. The summed E-state index contributed by atoms with van der Waals surface area (Å²) in [5, 5.41) is 0. The Morgan fingerprint density at radius 1 is 1.29 bits per heavy atom. The highest BCUT2D eigenvalue weighted by Crippen LogP contribution is 2.36. The fourth-order valence-electron chi connectivity index (χ4n) is 2.88. The largest absolute Gasteiger partial charge is 0.467 e. The highest BCUT2D eigenvalue weighted by molar-refractivity contribution is 7.90. The van der Waals surface area contributed by atoms with Crippen molar-refractivity contribution < 1.29 is 17.6 Å². The van der Waals surface area contributed by atoms with Gasteiger partial charge in [-0.25, -0.2) is 8.42 Å². The van der Waals surface area contributed by atoms with Crippen molar-refractivity contribution >= 4 is 15.7 Å². The van der Waals surface area contributed by atoms with Crippen molar-refractivity contribution in [1.29, 1.82) is 0 Å². The summed E-state index contributed by atoms with van der Waals surface area (Å²) in [6, 6.07) is 8.35. The summed E-state index contributed by atoms with van der Waals surface area (Å²) in [5.41, 5.74) is 1.20. The van der Waals surface area contributed by atoms with E-state index in [0.29, 0.717) is 5.56 Å². The number of carbonyl (C=O) groups excluding carboxylic acids is 1. The number of aryl methyl sites for hydroxylation is 1. The molecule has 1 fully saturated rings. The van der Waals surface area contributed by atoms with Gasteiger partial charge in [0.2, 0.25) is 0 Å². The first-order chi connectivity index (χ1) is 11.3. The molecule has 1 unspecified atom stereocenters. The molecule has 0 saturated heterocycles. The number of amides is 1. The maximum absolute atomic E-state index is 13.2. The molecule has 0 bridgehead atoms. The number of sulfone groups is 1. The Balaban J connectivity index is 1.99. The van der Waals surface area contributed by atoms with E-state index >= 15 is 0 Å². The molecule has 1 amide bonds. The summed E-state index contributed by atoms with van der Waals surface area (Å²) in [6.07, 6.45) is 4.66. The molecule has 1 saturated carbocycles. The normalized spacial score (nSPS) is 16.0. The molecule has 5 nitrogen and oxygen atoms in total. The summed E-state index contributed by atoms with van der Waals surface area (Å²) in [7, 11) is -3.36. The third kappa shape index (κ3) is 3.24. The second-order valence-electron chi connectivity index (χ2n) is 6.38. The van der Waals surface area contributed by atoms with Gasteiger partial charge in [-0.05, 0) is 56.5 Å². The van der Waals surface area contributed by atoms with Gasteiger partial charge in [0.15, 0.2) is 9.84 Å². The monoisotopic (exact) mass is 347 g/mol. The molecule has 0 spiro atoms. The minimum Gasteiger partial charge on any atom is -0.467 e. The summed E-state index contributed by atoms with van der Waals surface area (Å²) >= 11 is 0. The van der Waals surface area contributed by atoms with Gasteiger partial charge in [-0.3, -0.25) is 4.79 Å². The van der Waals surface area contributed by atoms with Crippen LogP contribution in [0.1, 0.15) is 47.5 Å². The average Bonchev–Trinajstić information content (AvgIpc) is 3.18.